The average molecular weight is 445 g/mol. The highest BCUT2D eigenvalue weighted by Gasteiger charge is 2.41. The van der Waals surface area contributed by atoms with Crippen molar-refractivity contribution in [2.75, 3.05) is 0 Å². The summed E-state index contributed by atoms with van der Waals surface area (Å²) in [7, 11) is 0. The molecule has 1 aliphatic heterocycles. The predicted molar refractivity (Wildman–Crippen MR) is 128 cm³/mol. The lowest BCUT2D eigenvalue weighted by Gasteiger charge is -2.29. The fourth-order valence-electron chi connectivity index (χ4n) is 4.17. The van der Waals surface area contributed by atoms with Crippen molar-refractivity contribution in [3.63, 3.8) is 0 Å². The molecule has 4 aromatic rings. The summed E-state index contributed by atoms with van der Waals surface area (Å²) in [6.45, 7) is 0.710. The molecule has 6 heteroatoms. The van der Waals surface area contributed by atoms with E-state index >= 15 is 0 Å². The molecule has 3 heterocycles. The van der Waals surface area contributed by atoms with Gasteiger partial charge in [0.15, 0.2) is 5.11 Å². The minimum atomic E-state index is -0.0646. The first-order valence-electron chi connectivity index (χ1n) is 10.2. The van der Waals surface area contributed by atoms with E-state index in [0.29, 0.717) is 11.6 Å². The minimum absolute atomic E-state index is 0.0309. The van der Waals surface area contributed by atoms with Crippen LogP contribution in [0.3, 0.4) is 0 Å². The zero-order valence-corrected chi connectivity index (χ0v) is 18.3. The first kappa shape index (κ1) is 19.8. The second-order valence-electron chi connectivity index (χ2n) is 7.52. The molecule has 2 unspecified atom stereocenters. The van der Waals surface area contributed by atoms with Crippen molar-refractivity contribution in [3.8, 4) is 5.69 Å². The Balaban J connectivity index is 1.61. The van der Waals surface area contributed by atoms with Crippen molar-refractivity contribution in [3.05, 3.63) is 119 Å². The Kier molecular flexibility index (Phi) is 5.45. The predicted octanol–water partition coefficient (Wildman–Crippen LogP) is 5.70. The van der Waals surface area contributed by atoms with E-state index in [2.05, 4.69) is 68.4 Å². The van der Waals surface area contributed by atoms with Gasteiger partial charge in [0.05, 0.1) is 17.8 Å². The summed E-state index contributed by atoms with van der Waals surface area (Å²) in [5.74, 6) is 0. The van der Waals surface area contributed by atoms with E-state index in [4.69, 9.17) is 23.8 Å². The number of aromatic nitrogens is 2. The average Bonchev–Trinajstić information content (AvgIpc) is 3.40. The van der Waals surface area contributed by atoms with Crippen LogP contribution in [-0.2, 0) is 6.54 Å². The lowest BCUT2D eigenvalue weighted by Crippen LogP contribution is -2.30. The van der Waals surface area contributed by atoms with Crippen molar-refractivity contribution < 1.29 is 0 Å². The van der Waals surface area contributed by atoms with E-state index in [1.807, 2.05) is 48.7 Å². The van der Waals surface area contributed by atoms with Crippen molar-refractivity contribution in [1.29, 1.82) is 0 Å². The third-order valence-electron chi connectivity index (χ3n) is 5.56. The largest absolute Gasteiger partial charge is 0.352 e. The molecule has 2 aromatic heterocycles. The molecule has 31 heavy (non-hydrogen) atoms. The van der Waals surface area contributed by atoms with E-state index in [1.54, 1.807) is 0 Å². The molecular formula is C25H21ClN4S. The Bertz CT molecular complexity index is 1190. The SMILES string of the molecule is S=C1NC(c2ccccn2)C(c2cccn2-c2cccc(Cl)c2)N1Cc1ccccc1. The van der Waals surface area contributed by atoms with Crippen LogP contribution in [0, 0.1) is 0 Å². The summed E-state index contributed by atoms with van der Waals surface area (Å²) in [4.78, 5) is 6.88. The standard InChI is InChI=1S/C25H21ClN4S/c26-19-10-6-11-20(16-19)29-15-7-13-22(29)24-23(21-12-4-5-14-27-21)28-25(31)30(24)17-18-8-2-1-3-9-18/h1-16,23-24H,17H2,(H,28,31). The molecule has 0 radical (unpaired) electrons. The highest BCUT2D eigenvalue weighted by Crippen LogP contribution is 2.40. The van der Waals surface area contributed by atoms with Gasteiger partial charge in [-0.3, -0.25) is 4.98 Å². The molecule has 0 bridgehead atoms. The quantitative estimate of drug-likeness (QED) is 0.400. The van der Waals surface area contributed by atoms with Gasteiger partial charge >= 0.3 is 0 Å². The normalized spacial score (nSPS) is 18.2. The van der Waals surface area contributed by atoms with Crippen LogP contribution < -0.4 is 5.32 Å². The number of halogens is 1. The second kappa shape index (κ2) is 8.53. The molecule has 1 saturated heterocycles. The van der Waals surface area contributed by atoms with Crippen molar-refractivity contribution in [2.45, 2.75) is 18.6 Å². The van der Waals surface area contributed by atoms with Gasteiger partial charge in [-0.2, -0.15) is 0 Å². The number of hydrogen-bond donors (Lipinski definition) is 1. The number of rotatable bonds is 5. The van der Waals surface area contributed by atoms with E-state index < -0.39 is 0 Å². The summed E-state index contributed by atoms with van der Waals surface area (Å²) < 4.78 is 2.18. The molecule has 5 rings (SSSR count). The number of hydrogen-bond acceptors (Lipinski definition) is 2. The van der Waals surface area contributed by atoms with Crippen LogP contribution in [0.25, 0.3) is 5.69 Å². The molecule has 154 valence electrons. The maximum atomic E-state index is 6.29. The minimum Gasteiger partial charge on any atom is -0.352 e. The molecule has 2 atom stereocenters. The summed E-state index contributed by atoms with van der Waals surface area (Å²) in [6.07, 6.45) is 3.89. The summed E-state index contributed by atoms with van der Waals surface area (Å²) in [5, 5.41) is 4.96. The Morgan fingerprint density at radius 3 is 2.55 bits per heavy atom. The van der Waals surface area contributed by atoms with Gasteiger partial charge in [-0.05, 0) is 60.2 Å². The molecule has 1 fully saturated rings. The van der Waals surface area contributed by atoms with E-state index in [9.17, 15) is 0 Å². The maximum Gasteiger partial charge on any atom is 0.170 e. The molecule has 4 nitrogen and oxygen atoms in total. The van der Waals surface area contributed by atoms with Gasteiger partial charge in [-0.25, -0.2) is 0 Å². The molecule has 0 amide bonds. The molecule has 1 N–H and O–H groups in total. The lowest BCUT2D eigenvalue weighted by molar-refractivity contribution is 0.302. The molecule has 0 saturated carbocycles. The maximum absolute atomic E-state index is 6.29. The van der Waals surface area contributed by atoms with Crippen molar-refractivity contribution in [1.82, 2.24) is 19.8 Å². The lowest BCUT2D eigenvalue weighted by atomic mass is 10.0. The summed E-state index contributed by atoms with van der Waals surface area (Å²) >= 11 is 12.1. The third-order valence-corrected chi connectivity index (χ3v) is 6.15. The van der Waals surface area contributed by atoms with Crippen LogP contribution in [-0.4, -0.2) is 19.6 Å². The highest BCUT2D eigenvalue weighted by molar-refractivity contribution is 7.80. The van der Waals surface area contributed by atoms with Crippen LogP contribution in [0.2, 0.25) is 5.02 Å². The second-order valence-corrected chi connectivity index (χ2v) is 8.35. The van der Waals surface area contributed by atoms with Gasteiger partial charge in [-0.15, -0.1) is 0 Å². The van der Waals surface area contributed by atoms with Gasteiger partial charge in [0.1, 0.15) is 0 Å². The van der Waals surface area contributed by atoms with Crippen LogP contribution in [0.1, 0.15) is 29.0 Å². The molecular weight excluding hydrogens is 424 g/mol. The molecule has 0 spiro atoms. The molecule has 0 aliphatic carbocycles. The number of pyridine rings is 1. The monoisotopic (exact) mass is 444 g/mol. The van der Waals surface area contributed by atoms with E-state index in [-0.39, 0.29) is 12.1 Å². The first-order valence-corrected chi connectivity index (χ1v) is 10.9. The van der Waals surface area contributed by atoms with E-state index in [0.717, 1.165) is 22.2 Å². The zero-order chi connectivity index (χ0) is 21.2. The third kappa shape index (κ3) is 3.94. The smallest absolute Gasteiger partial charge is 0.170 e. The van der Waals surface area contributed by atoms with Gasteiger partial charge < -0.3 is 14.8 Å². The number of nitrogens with zero attached hydrogens (tertiary/aromatic N) is 3. The van der Waals surface area contributed by atoms with Crippen LogP contribution in [0.5, 0.6) is 0 Å². The van der Waals surface area contributed by atoms with E-state index in [1.165, 1.54) is 5.56 Å². The molecule has 2 aromatic carbocycles. The van der Waals surface area contributed by atoms with Gasteiger partial charge in [0, 0.05) is 35.3 Å². The van der Waals surface area contributed by atoms with Crippen molar-refractivity contribution in [2.24, 2.45) is 0 Å². The Hall–Kier alpha value is -3.15. The number of nitrogens with one attached hydrogen (secondary N) is 1. The Morgan fingerprint density at radius 2 is 1.77 bits per heavy atom. The van der Waals surface area contributed by atoms with Gasteiger partial charge in [-0.1, -0.05) is 54.1 Å². The fraction of sp³-hybridized carbons (Fsp3) is 0.120. The topological polar surface area (TPSA) is 33.1 Å². The number of thiocarbonyl (C=S) groups is 1. The first-order chi connectivity index (χ1) is 15.2. The van der Waals surface area contributed by atoms with Crippen LogP contribution in [0.15, 0.2) is 97.3 Å². The van der Waals surface area contributed by atoms with Gasteiger partial charge in [0.25, 0.3) is 0 Å². The Morgan fingerprint density at radius 1 is 0.935 bits per heavy atom. The highest BCUT2D eigenvalue weighted by atomic mass is 35.5. The van der Waals surface area contributed by atoms with Gasteiger partial charge in [0.2, 0.25) is 0 Å². The van der Waals surface area contributed by atoms with Crippen LogP contribution >= 0.6 is 23.8 Å². The Labute approximate surface area is 192 Å². The number of benzene rings is 2. The van der Waals surface area contributed by atoms with Crippen molar-refractivity contribution >= 4 is 28.9 Å². The van der Waals surface area contributed by atoms with Crippen LogP contribution in [0.4, 0.5) is 0 Å². The zero-order valence-electron chi connectivity index (χ0n) is 16.7. The molecule has 1 aliphatic rings. The fourth-order valence-corrected chi connectivity index (χ4v) is 4.66. The summed E-state index contributed by atoms with van der Waals surface area (Å²) in [5.41, 5.74) is 4.31. The summed E-state index contributed by atoms with van der Waals surface area (Å²) in [6, 6.07) is 28.4.